The summed E-state index contributed by atoms with van der Waals surface area (Å²) in [6.45, 7) is 6.98. The second-order valence-corrected chi connectivity index (χ2v) is 28.3. The maximum atomic E-state index is 12.0. The van der Waals surface area contributed by atoms with E-state index in [1.54, 1.807) is 0 Å². The molecule has 4 amide bonds. The van der Waals surface area contributed by atoms with Crippen molar-refractivity contribution in [3.05, 3.63) is 356 Å². The summed E-state index contributed by atoms with van der Waals surface area (Å²) in [7, 11) is 0. The second kappa shape index (κ2) is 62.9. The van der Waals surface area contributed by atoms with Gasteiger partial charge in [-0.05, 0) is 130 Å². The van der Waals surface area contributed by atoms with Crippen LogP contribution in [-0.2, 0) is 112 Å². The average Bonchev–Trinajstić information content (AvgIpc) is 1.72. The number of carbonyl (C=O) groups is 7. The number of alkyl halides is 3. The van der Waals surface area contributed by atoms with Gasteiger partial charge in [0.2, 0.25) is 0 Å². The van der Waals surface area contributed by atoms with Crippen LogP contribution in [0.3, 0.4) is 0 Å². The quantitative estimate of drug-likeness (QED) is 0.0115. The molecule has 6 unspecified atom stereocenters. The molecule has 9 atom stereocenters. The van der Waals surface area contributed by atoms with E-state index in [0.717, 1.165) is 72.7 Å². The molecule has 0 saturated carbocycles. The molecule has 23 nitrogen and oxygen atoms in total. The van der Waals surface area contributed by atoms with Crippen LogP contribution in [0.25, 0.3) is 0 Å². The molecule has 652 valence electrons. The zero-order valence-corrected chi connectivity index (χ0v) is 76.6. The van der Waals surface area contributed by atoms with Gasteiger partial charge in [0.15, 0.2) is 0 Å². The number of nitrogens with two attached hydrogens (primary N) is 2. The Bertz CT molecular complexity index is 4360. The number of carbonyl (C=O) groups excluding carboxylic acids is 4. The van der Waals surface area contributed by atoms with Gasteiger partial charge in [0.1, 0.15) is 62.9 Å². The minimum Gasteiger partial charge on any atom is -0.480 e. The van der Waals surface area contributed by atoms with Gasteiger partial charge in [0.25, 0.3) is 0 Å². The lowest BCUT2D eigenvalue weighted by atomic mass is 10.0. The maximum absolute atomic E-state index is 12.0. The zero-order chi connectivity index (χ0) is 89.1. The largest absolute Gasteiger partial charge is 0.480 e. The Morgan fingerprint density at radius 1 is 0.303 bits per heavy atom. The monoisotopic (exact) mass is 1990 g/mol. The number of alkyl carbamates (subject to hydrolysis) is 4. The molecular weight excluding hydrogens is 1880 g/mol. The summed E-state index contributed by atoms with van der Waals surface area (Å²) in [5.74, 6) is 2.41. The molecule has 3 aliphatic rings. The highest BCUT2D eigenvalue weighted by Crippen LogP contribution is 2.23. The van der Waals surface area contributed by atoms with E-state index in [1.165, 1.54) is 11.1 Å². The zero-order valence-electron chi connectivity index (χ0n) is 68.7. The van der Waals surface area contributed by atoms with Crippen LogP contribution in [0.15, 0.2) is 300 Å². The van der Waals surface area contributed by atoms with E-state index < -0.39 is 60.4 Å². The summed E-state index contributed by atoms with van der Waals surface area (Å²) in [5, 5.41) is 37.4. The number of benzene rings is 10. The topological polar surface area (TPSA) is 355 Å². The van der Waals surface area contributed by atoms with Crippen molar-refractivity contribution in [1.82, 2.24) is 21.3 Å². The third-order valence-corrected chi connectivity index (χ3v) is 18.4. The molecule has 0 aliphatic carbocycles. The van der Waals surface area contributed by atoms with Crippen LogP contribution in [0.5, 0.6) is 0 Å². The van der Waals surface area contributed by atoms with Gasteiger partial charge in [0, 0.05) is 15.4 Å². The van der Waals surface area contributed by atoms with Crippen LogP contribution < -0.4 is 32.7 Å². The number of epoxide rings is 3. The van der Waals surface area contributed by atoms with Gasteiger partial charge in [-0.15, -0.1) is 0 Å². The van der Waals surface area contributed by atoms with Crippen molar-refractivity contribution in [3.63, 3.8) is 0 Å². The Balaban J connectivity index is 0.000000306. The highest BCUT2D eigenvalue weighted by molar-refractivity contribution is 9.11. The Morgan fingerprint density at radius 2 is 0.492 bits per heavy atom. The molecule has 3 saturated heterocycles. The predicted octanol–water partition coefficient (Wildman–Crippen LogP) is 18.2. The molecule has 0 radical (unpaired) electrons. The first-order chi connectivity index (χ1) is 59.3. The number of carboxylic acid groups (broad SMARTS) is 3. The van der Waals surface area contributed by atoms with Gasteiger partial charge >= 0.3 is 42.3 Å². The third kappa shape index (κ3) is 46.8. The fourth-order valence-corrected chi connectivity index (χ4v) is 11.5. The number of nitrogens with one attached hydrogen (secondary N) is 4. The second-order valence-electron chi connectivity index (χ2n) is 26.5. The van der Waals surface area contributed by atoms with Crippen molar-refractivity contribution in [2.24, 2.45) is 11.5 Å². The lowest BCUT2D eigenvalue weighted by Crippen LogP contribution is -2.42. The molecule has 3 heterocycles. The van der Waals surface area contributed by atoms with Crippen molar-refractivity contribution in [2.75, 3.05) is 37.3 Å². The van der Waals surface area contributed by atoms with E-state index in [4.69, 9.17) is 54.8 Å². The lowest BCUT2D eigenvalue weighted by molar-refractivity contribution is -0.140. The molecule has 0 spiro atoms. The van der Waals surface area contributed by atoms with E-state index in [-0.39, 0.29) is 69.3 Å². The summed E-state index contributed by atoms with van der Waals surface area (Å²) in [4.78, 5) is 79.7. The van der Waals surface area contributed by atoms with E-state index in [9.17, 15) is 38.7 Å². The molecule has 11 N–H and O–H groups in total. The van der Waals surface area contributed by atoms with Gasteiger partial charge in [-0.1, -0.05) is 360 Å². The number of aliphatic carboxylic acids is 3. The Labute approximate surface area is 757 Å². The first kappa shape index (κ1) is 104. The number of hydrogen-bond donors (Lipinski definition) is 9. The van der Waals surface area contributed by atoms with Crippen molar-refractivity contribution in [1.29, 1.82) is 0 Å². The van der Waals surface area contributed by atoms with Gasteiger partial charge < -0.3 is 81.2 Å². The Hall–Kier alpha value is -10.1. The van der Waals surface area contributed by atoms with Crippen molar-refractivity contribution in [3.8, 4) is 0 Å². The van der Waals surface area contributed by atoms with Gasteiger partial charge in [-0.25, -0.2) is 24.0 Å². The van der Waals surface area contributed by atoms with E-state index in [0.29, 0.717) is 32.7 Å². The number of hydrogen-bond acceptors (Lipinski definition) is 16. The maximum Gasteiger partial charge on any atom is 0.408 e. The first-order valence-corrected chi connectivity index (χ1v) is 45.3. The molecule has 28 heteroatoms. The fraction of sp³-hybridized carbons (Fsp3) is 0.287. The number of halogens is 5. The van der Waals surface area contributed by atoms with Crippen molar-refractivity contribution >= 4 is 122 Å². The summed E-state index contributed by atoms with van der Waals surface area (Å²) < 4.78 is 38.9. The number of carboxylic acids is 3. The average molecular weight is 1990 g/mol. The summed E-state index contributed by atoms with van der Waals surface area (Å²) in [6, 6.07) is 89.4. The van der Waals surface area contributed by atoms with Gasteiger partial charge in [-0.3, -0.25) is 9.59 Å². The molecule has 0 bridgehead atoms. The van der Waals surface area contributed by atoms with E-state index in [2.05, 4.69) is 101 Å². The minimum atomic E-state index is -1.10. The highest BCUT2D eigenvalue weighted by atomic mass is 79.9. The fourth-order valence-electron chi connectivity index (χ4n) is 10.9. The number of rotatable bonds is 30. The number of ether oxygens (including phenoxy) is 7. The number of amides is 4. The van der Waals surface area contributed by atoms with Crippen LogP contribution in [-0.4, -0.2) is 149 Å². The molecule has 0 aromatic heterocycles. The Morgan fingerprint density at radius 3 is 0.705 bits per heavy atom. The molecule has 3 aliphatic heterocycles. The standard InChI is InChI=1S/C18H18BrNO3.2C18H19NO3.C17H17NO4.C9H10BrNO2.C9H11NO2.C2H6.3CH3Br/c19-15-8-6-13(7-9-15)10-16(17-12-22-17)20-18(21)23-11-14-4-2-1-3-5-14;2*20-18(22-12-15-9-5-2-6-10-15)19-16(17-13-21-17)11-14-7-3-1-4-8-14;19-16(20)15(11-13-7-3-1-4-8-13)18-17(21)22-12-14-9-5-2-6-10-14;10-7-3-1-6(2-4-7)5-8(11)9(12)13;10-8(9(11)12)6-7-4-2-1-3-5-7;4*1-2/h1-9,16-17H,10-12H2,(H,20,21);2*1-10,16-17H,11-13H2,(H,19,20);1-10,15H,11-12H2,(H,18,21)(H,19,20);1-4,8H,5,11H2,(H,12,13);1-5,8H,6,10H2,(H,11,12);1-2H3;3*1H3/t3*16?,17-;;;;;;;/m000......./s1. The van der Waals surface area contributed by atoms with Crippen LogP contribution >= 0.6 is 79.6 Å². The van der Waals surface area contributed by atoms with Crippen molar-refractivity contribution < 1.29 is 82.0 Å². The van der Waals surface area contributed by atoms with E-state index >= 15 is 0 Å². The molecule has 10 aromatic rings. The smallest absolute Gasteiger partial charge is 0.408 e. The van der Waals surface area contributed by atoms with Gasteiger partial charge in [0.05, 0.1) is 37.9 Å². The van der Waals surface area contributed by atoms with Crippen LogP contribution in [0.2, 0.25) is 0 Å². The normalized spacial score (nSPS) is 14.4. The summed E-state index contributed by atoms with van der Waals surface area (Å²) in [6.07, 6.45) is 1.45. The minimum absolute atomic E-state index is 0.0503. The van der Waals surface area contributed by atoms with Crippen LogP contribution in [0.1, 0.15) is 69.5 Å². The summed E-state index contributed by atoms with van der Waals surface area (Å²) in [5.41, 5.74) is 20.7. The molecule has 10 aromatic carbocycles. The van der Waals surface area contributed by atoms with Gasteiger partial charge in [-0.2, -0.15) is 0 Å². The van der Waals surface area contributed by atoms with E-state index in [1.807, 2.05) is 323 Å². The first-order valence-electron chi connectivity index (χ1n) is 39.0. The molecule has 3 fully saturated rings. The molecule has 122 heavy (non-hydrogen) atoms. The third-order valence-electron chi connectivity index (χ3n) is 17.3. The molecular formula is C94H109Br5N6O17. The predicted molar refractivity (Wildman–Crippen MR) is 494 cm³/mol. The molecule has 13 rings (SSSR count). The summed E-state index contributed by atoms with van der Waals surface area (Å²) >= 11 is 15.5. The SMILES string of the molecule is CBr.CBr.CBr.CC.NC(Cc1ccc(Br)cc1)C(=O)O.NC(Cc1ccccc1)C(=O)O.O=C(NC(Cc1ccc(Br)cc1)[C@@H]1CO1)OCc1ccccc1.O=C(NC(Cc1ccccc1)C(=O)O)OCc1ccccc1.O=C(NC(Cc1ccccc1)[C@@H]1CO1)OCc1ccccc1.O=C(NC(Cc1ccccc1)[C@@H]1CO1)OCc1ccccc1. The van der Waals surface area contributed by atoms with Crippen molar-refractivity contribution in [2.45, 2.75) is 133 Å². The van der Waals surface area contributed by atoms with Crippen LogP contribution in [0.4, 0.5) is 19.2 Å². The Kier molecular flexibility index (Phi) is 53.8. The highest BCUT2D eigenvalue weighted by Gasteiger charge is 2.36. The van der Waals surface area contributed by atoms with Crippen LogP contribution in [0, 0.1) is 0 Å². The lowest BCUT2D eigenvalue weighted by Gasteiger charge is -2.17.